The van der Waals surface area contributed by atoms with Gasteiger partial charge in [0.05, 0.1) is 17.2 Å². The molecule has 0 aliphatic carbocycles. The van der Waals surface area contributed by atoms with Crippen LogP contribution in [0, 0.1) is 21.4 Å². The highest BCUT2D eigenvalue weighted by Gasteiger charge is 2.22. The second-order valence-corrected chi connectivity index (χ2v) is 9.44. The largest absolute Gasteiger partial charge is 0.490 e. The van der Waals surface area contributed by atoms with Crippen LogP contribution in [-0.4, -0.2) is 25.9 Å². The second kappa shape index (κ2) is 11.5. The van der Waals surface area contributed by atoms with E-state index in [2.05, 4.69) is 21.2 Å². The van der Waals surface area contributed by atoms with E-state index in [9.17, 15) is 28.6 Å². The topological polar surface area (TPSA) is 149 Å². The summed E-state index contributed by atoms with van der Waals surface area (Å²) in [5.74, 6) is -0.781. The monoisotopic (exact) mass is 571 g/mol. The fourth-order valence-electron chi connectivity index (χ4n) is 2.94. The van der Waals surface area contributed by atoms with Gasteiger partial charge in [-0.05, 0) is 64.8 Å². The number of anilines is 1. The van der Waals surface area contributed by atoms with Crippen LogP contribution in [0.3, 0.4) is 0 Å². The first-order valence-electron chi connectivity index (χ1n) is 10.3. The number of carbonyl (C=O) groups excluding carboxylic acids is 1. The highest BCUT2D eigenvalue weighted by molar-refractivity contribution is 9.10. The molecule has 0 aliphatic heterocycles. The first kappa shape index (κ1) is 26.4. The molecule has 0 spiro atoms. The fourth-order valence-corrected chi connectivity index (χ4v) is 4.30. The van der Waals surface area contributed by atoms with E-state index in [0.717, 1.165) is 12.1 Å². The number of hydrogen-bond donors (Lipinski definition) is 1. The molecule has 0 heterocycles. The average Bonchev–Trinajstić information content (AvgIpc) is 2.85. The number of nitriles is 1. The van der Waals surface area contributed by atoms with E-state index in [0.29, 0.717) is 15.7 Å². The normalized spacial score (nSPS) is 11.3. The number of nitro benzene ring substituents is 1. The van der Waals surface area contributed by atoms with Crippen molar-refractivity contribution in [2.24, 2.45) is 0 Å². The molecular weight excluding hydrogens is 554 g/mol. The Hall–Kier alpha value is -4.21. The van der Waals surface area contributed by atoms with Crippen molar-refractivity contribution in [2.45, 2.75) is 11.8 Å². The van der Waals surface area contributed by atoms with E-state index in [1.54, 1.807) is 31.2 Å². The van der Waals surface area contributed by atoms with Crippen molar-refractivity contribution in [3.8, 4) is 17.6 Å². The minimum atomic E-state index is -4.42. The van der Waals surface area contributed by atoms with Gasteiger partial charge in [0.1, 0.15) is 16.5 Å². The zero-order chi connectivity index (χ0) is 26.3. The van der Waals surface area contributed by atoms with Crippen LogP contribution in [0.2, 0.25) is 0 Å². The van der Waals surface area contributed by atoms with E-state index in [1.165, 1.54) is 36.4 Å². The van der Waals surface area contributed by atoms with Gasteiger partial charge in [0, 0.05) is 16.6 Å². The summed E-state index contributed by atoms with van der Waals surface area (Å²) in [4.78, 5) is 22.5. The number of non-ortho nitro benzene ring substituents is 1. The third-order valence-electron chi connectivity index (χ3n) is 4.58. The molecule has 3 aromatic carbocycles. The molecule has 0 atom stereocenters. The average molecular weight is 572 g/mol. The molecule has 0 bridgehead atoms. The van der Waals surface area contributed by atoms with Crippen LogP contribution in [0.25, 0.3) is 6.08 Å². The van der Waals surface area contributed by atoms with Crippen LogP contribution in [0.4, 0.5) is 11.4 Å². The number of nitro groups is 1. The molecule has 0 radical (unpaired) electrons. The first-order chi connectivity index (χ1) is 17.1. The van der Waals surface area contributed by atoms with Crippen LogP contribution in [-0.2, 0) is 14.9 Å². The summed E-state index contributed by atoms with van der Waals surface area (Å²) in [6.07, 6.45) is 1.31. The Balaban J connectivity index is 1.90. The van der Waals surface area contributed by atoms with Crippen molar-refractivity contribution in [2.75, 3.05) is 11.9 Å². The number of nitrogens with zero attached hydrogens (tertiary/aromatic N) is 2. The zero-order valence-corrected chi connectivity index (χ0v) is 21.1. The smallest absolute Gasteiger partial charge is 0.339 e. The summed E-state index contributed by atoms with van der Waals surface area (Å²) in [6.45, 7) is 1.83. The van der Waals surface area contributed by atoms with E-state index < -0.39 is 31.5 Å². The molecule has 1 N–H and O–H groups in total. The maximum atomic E-state index is 12.7. The number of amides is 1. The van der Waals surface area contributed by atoms with Gasteiger partial charge in [-0.15, -0.1) is 0 Å². The maximum Gasteiger partial charge on any atom is 0.339 e. The highest BCUT2D eigenvalue weighted by Crippen LogP contribution is 2.32. The Morgan fingerprint density at radius 3 is 2.56 bits per heavy atom. The summed E-state index contributed by atoms with van der Waals surface area (Å²) in [5, 5.41) is 23.1. The molecular formula is C24H18BrN3O7S. The molecule has 0 aliphatic rings. The van der Waals surface area contributed by atoms with Crippen molar-refractivity contribution < 1.29 is 27.1 Å². The lowest BCUT2D eigenvalue weighted by Crippen LogP contribution is -2.13. The van der Waals surface area contributed by atoms with Gasteiger partial charge in [0.2, 0.25) is 0 Å². The lowest BCUT2D eigenvalue weighted by atomic mass is 10.1. The number of hydrogen-bond acceptors (Lipinski definition) is 8. The highest BCUT2D eigenvalue weighted by atomic mass is 79.9. The van der Waals surface area contributed by atoms with Gasteiger partial charge < -0.3 is 14.2 Å². The van der Waals surface area contributed by atoms with Crippen molar-refractivity contribution >= 4 is 49.4 Å². The van der Waals surface area contributed by atoms with Crippen LogP contribution in [0.15, 0.2) is 81.7 Å². The van der Waals surface area contributed by atoms with E-state index in [4.69, 9.17) is 8.92 Å². The molecule has 3 aromatic rings. The van der Waals surface area contributed by atoms with Gasteiger partial charge in [-0.1, -0.05) is 24.3 Å². The van der Waals surface area contributed by atoms with Crippen LogP contribution >= 0.6 is 15.9 Å². The molecule has 0 saturated heterocycles. The number of para-hydroxylation sites is 1. The molecule has 12 heteroatoms. The number of halogens is 1. The summed E-state index contributed by atoms with van der Waals surface area (Å²) in [7, 11) is -4.42. The van der Waals surface area contributed by atoms with Crippen molar-refractivity contribution in [3.63, 3.8) is 0 Å². The van der Waals surface area contributed by atoms with Gasteiger partial charge in [0.25, 0.3) is 11.6 Å². The molecule has 3 rings (SSSR count). The van der Waals surface area contributed by atoms with Gasteiger partial charge >= 0.3 is 10.1 Å². The Bertz CT molecular complexity index is 1500. The zero-order valence-electron chi connectivity index (χ0n) is 18.7. The van der Waals surface area contributed by atoms with Crippen molar-refractivity contribution in [1.82, 2.24) is 0 Å². The molecule has 184 valence electrons. The Morgan fingerprint density at radius 2 is 1.89 bits per heavy atom. The molecule has 10 nitrogen and oxygen atoms in total. The van der Waals surface area contributed by atoms with Crippen molar-refractivity contribution in [3.05, 3.63) is 92.5 Å². The predicted octanol–water partition coefficient (Wildman–Crippen LogP) is 5.07. The molecule has 36 heavy (non-hydrogen) atoms. The minimum Gasteiger partial charge on any atom is -0.490 e. The third-order valence-corrected chi connectivity index (χ3v) is 6.50. The number of benzene rings is 3. The number of carbonyl (C=O) groups is 1. The fraction of sp³-hybridized carbons (Fsp3) is 0.0833. The lowest BCUT2D eigenvalue weighted by Gasteiger charge is -2.13. The molecule has 0 saturated carbocycles. The Kier molecular flexibility index (Phi) is 8.42. The van der Waals surface area contributed by atoms with Crippen LogP contribution in [0.1, 0.15) is 12.5 Å². The SMILES string of the molecule is CCOc1cc(/C=C(\C#N)C(=O)Nc2ccccc2Br)ccc1OS(=O)(=O)c1cccc([N+](=O)[O-])c1. The molecule has 0 fully saturated rings. The summed E-state index contributed by atoms with van der Waals surface area (Å²) in [6, 6.07) is 17.3. The van der Waals surface area contributed by atoms with Gasteiger partial charge in [0.15, 0.2) is 11.5 Å². The Morgan fingerprint density at radius 1 is 1.14 bits per heavy atom. The standard InChI is InChI=1S/C24H18BrN3O7S/c1-2-34-23-13-16(12-17(15-26)24(29)27-21-9-4-3-8-20(21)25)10-11-22(23)35-36(32,33)19-7-5-6-18(14-19)28(30)31/h3-14H,2H2,1H3,(H,27,29)/b17-12+. The van der Waals surface area contributed by atoms with Crippen LogP contribution in [0.5, 0.6) is 11.5 Å². The Labute approximate surface area is 215 Å². The van der Waals surface area contributed by atoms with E-state index in [-0.39, 0.29) is 23.7 Å². The lowest BCUT2D eigenvalue weighted by molar-refractivity contribution is -0.385. The van der Waals surface area contributed by atoms with E-state index >= 15 is 0 Å². The number of ether oxygens (including phenoxy) is 1. The minimum absolute atomic E-state index is 0.0313. The maximum absolute atomic E-state index is 12.7. The second-order valence-electron chi connectivity index (χ2n) is 7.03. The summed E-state index contributed by atoms with van der Waals surface area (Å²) < 4.78 is 36.8. The summed E-state index contributed by atoms with van der Waals surface area (Å²) in [5.41, 5.74) is 0.243. The quantitative estimate of drug-likeness (QED) is 0.123. The number of nitrogens with one attached hydrogen (secondary N) is 1. The van der Waals surface area contributed by atoms with Crippen LogP contribution < -0.4 is 14.2 Å². The third kappa shape index (κ3) is 6.47. The van der Waals surface area contributed by atoms with Gasteiger partial charge in [-0.2, -0.15) is 13.7 Å². The predicted molar refractivity (Wildman–Crippen MR) is 135 cm³/mol. The molecule has 1 amide bonds. The van der Waals surface area contributed by atoms with Gasteiger partial charge in [-0.25, -0.2) is 0 Å². The van der Waals surface area contributed by atoms with E-state index in [1.807, 2.05) is 6.07 Å². The first-order valence-corrected chi connectivity index (χ1v) is 12.5. The molecule has 0 unspecified atom stereocenters. The molecule has 0 aromatic heterocycles. The van der Waals surface area contributed by atoms with Gasteiger partial charge in [-0.3, -0.25) is 14.9 Å². The van der Waals surface area contributed by atoms with Crippen molar-refractivity contribution in [1.29, 1.82) is 5.26 Å². The number of rotatable bonds is 9. The summed E-state index contributed by atoms with van der Waals surface area (Å²) >= 11 is 3.32.